The molecule has 2 N–H and O–H groups in total. The summed E-state index contributed by atoms with van der Waals surface area (Å²) in [5.41, 5.74) is 7.27. The van der Waals surface area contributed by atoms with Crippen LogP contribution in [0.1, 0.15) is 23.4 Å². The van der Waals surface area contributed by atoms with E-state index in [0.29, 0.717) is 0 Å². The number of nitrogens with two attached hydrogens (primary N) is 1. The second-order valence-corrected chi connectivity index (χ2v) is 6.26. The molecule has 1 aromatic carbocycles. The molecule has 1 aromatic heterocycles. The van der Waals surface area contributed by atoms with Crippen LogP contribution in [0.25, 0.3) is 0 Å². The number of benzene rings is 1. The molecule has 2 unspecified atom stereocenters. The van der Waals surface area contributed by atoms with Gasteiger partial charge >= 0.3 is 0 Å². The second-order valence-electron chi connectivity index (χ2n) is 4.82. The Balaban J connectivity index is 2.23. The molecule has 0 fully saturated rings. The van der Waals surface area contributed by atoms with Crippen LogP contribution >= 0.6 is 22.9 Å². The molecule has 0 saturated carbocycles. The van der Waals surface area contributed by atoms with Crippen molar-refractivity contribution >= 4 is 22.9 Å². The standard InChI is InChI=1S/C15H19ClN2S/c1-11(17)15(13-7-3-4-8-14(13)16)18(2)10-12-6-5-9-19-12/h3-9,11,15H,10,17H2,1-2H3. The van der Waals surface area contributed by atoms with E-state index in [1.54, 1.807) is 11.3 Å². The first-order chi connectivity index (χ1) is 9.09. The van der Waals surface area contributed by atoms with Crippen LogP contribution in [0.2, 0.25) is 5.02 Å². The Morgan fingerprint density at radius 1 is 1.26 bits per heavy atom. The monoisotopic (exact) mass is 294 g/mol. The summed E-state index contributed by atoms with van der Waals surface area (Å²) in [5, 5.41) is 2.88. The van der Waals surface area contributed by atoms with E-state index < -0.39 is 0 Å². The van der Waals surface area contributed by atoms with Crippen molar-refractivity contribution in [2.75, 3.05) is 7.05 Å². The summed E-state index contributed by atoms with van der Waals surface area (Å²) in [5.74, 6) is 0. The number of hydrogen-bond donors (Lipinski definition) is 1. The molecule has 2 rings (SSSR count). The van der Waals surface area contributed by atoms with Crippen LogP contribution in [0, 0.1) is 0 Å². The van der Waals surface area contributed by atoms with Crippen molar-refractivity contribution in [2.45, 2.75) is 25.6 Å². The van der Waals surface area contributed by atoms with E-state index in [2.05, 4.69) is 35.5 Å². The molecule has 2 aromatic rings. The summed E-state index contributed by atoms with van der Waals surface area (Å²) in [6.07, 6.45) is 0. The molecule has 4 heteroatoms. The molecule has 0 bridgehead atoms. The van der Waals surface area contributed by atoms with Crippen molar-refractivity contribution in [3.8, 4) is 0 Å². The maximum Gasteiger partial charge on any atom is 0.0512 e. The Bertz CT molecular complexity index is 511. The number of likely N-dealkylation sites (N-methyl/N-ethyl adjacent to an activating group) is 1. The molecule has 0 aliphatic carbocycles. The van der Waals surface area contributed by atoms with Gasteiger partial charge in [0.15, 0.2) is 0 Å². The van der Waals surface area contributed by atoms with E-state index >= 15 is 0 Å². The molecule has 0 aliphatic rings. The van der Waals surface area contributed by atoms with Gasteiger partial charge in [0.2, 0.25) is 0 Å². The fourth-order valence-electron chi connectivity index (χ4n) is 2.38. The van der Waals surface area contributed by atoms with Crippen molar-refractivity contribution in [1.82, 2.24) is 4.90 Å². The van der Waals surface area contributed by atoms with Crippen LogP contribution in [0.4, 0.5) is 0 Å². The molecule has 1 heterocycles. The fraction of sp³-hybridized carbons (Fsp3) is 0.333. The van der Waals surface area contributed by atoms with Crippen LogP contribution in [0.3, 0.4) is 0 Å². The van der Waals surface area contributed by atoms with Gasteiger partial charge in [-0.05, 0) is 37.0 Å². The molecule has 102 valence electrons. The predicted octanol–water partition coefficient (Wildman–Crippen LogP) is 3.92. The minimum absolute atomic E-state index is 0.0184. The number of nitrogens with zero attached hydrogens (tertiary/aromatic N) is 1. The normalized spacial score (nSPS) is 14.6. The van der Waals surface area contributed by atoms with Gasteiger partial charge in [-0.1, -0.05) is 35.9 Å². The number of thiophene rings is 1. The molecule has 0 spiro atoms. The van der Waals surface area contributed by atoms with Crippen LogP contribution in [-0.2, 0) is 6.54 Å². The van der Waals surface area contributed by atoms with Crippen LogP contribution < -0.4 is 5.73 Å². The molecule has 0 aliphatic heterocycles. The summed E-state index contributed by atoms with van der Waals surface area (Å²) in [4.78, 5) is 3.60. The largest absolute Gasteiger partial charge is 0.326 e. The smallest absolute Gasteiger partial charge is 0.0512 e. The summed E-state index contributed by atoms with van der Waals surface area (Å²) < 4.78 is 0. The minimum Gasteiger partial charge on any atom is -0.326 e. The third-order valence-corrected chi connectivity index (χ3v) is 4.39. The zero-order chi connectivity index (χ0) is 13.8. The predicted molar refractivity (Wildman–Crippen MR) is 83.6 cm³/mol. The van der Waals surface area contributed by atoms with Crippen molar-refractivity contribution in [1.29, 1.82) is 0 Å². The molecular weight excluding hydrogens is 276 g/mol. The minimum atomic E-state index is 0.0184. The van der Waals surface area contributed by atoms with E-state index in [9.17, 15) is 0 Å². The molecular formula is C15H19ClN2S. The Hall–Kier alpha value is -0.870. The first kappa shape index (κ1) is 14.5. The van der Waals surface area contributed by atoms with Crippen LogP contribution in [0.15, 0.2) is 41.8 Å². The van der Waals surface area contributed by atoms with E-state index in [0.717, 1.165) is 17.1 Å². The average molecular weight is 295 g/mol. The molecule has 2 atom stereocenters. The maximum atomic E-state index is 6.31. The highest BCUT2D eigenvalue weighted by Crippen LogP contribution is 2.30. The van der Waals surface area contributed by atoms with Gasteiger partial charge in [0.1, 0.15) is 0 Å². The summed E-state index contributed by atoms with van der Waals surface area (Å²) >= 11 is 8.07. The summed E-state index contributed by atoms with van der Waals surface area (Å²) in [6, 6.07) is 12.3. The Kier molecular flexibility index (Phi) is 4.99. The molecule has 19 heavy (non-hydrogen) atoms. The van der Waals surface area contributed by atoms with E-state index in [1.807, 2.05) is 25.1 Å². The lowest BCUT2D eigenvalue weighted by atomic mass is 9.99. The SMILES string of the molecule is CC(N)C(c1ccccc1Cl)N(C)Cc1cccs1. The number of halogens is 1. The molecule has 0 amide bonds. The third kappa shape index (κ3) is 3.57. The second kappa shape index (κ2) is 6.53. The van der Waals surface area contributed by atoms with Gasteiger partial charge < -0.3 is 5.73 Å². The molecule has 0 radical (unpaired) electrons. The van der Waals surface area contributed by atoms with Crippen molar-refractivity contribution in [2.24, 2.45) is 5.73 Å². The molecule has 2 nitrogen and oxygen atoms in total. The number of hydrogen-bond acceptors (Lipinski definition) is 3. The van der Waals surface area contributed by atoms with Crippen molar-refractivity contribution < 1.29 is 0 Å². The Morgan fingerprint density at radius 2 is 2.00 bits per heavy atom. The van der Waals surface area contributed by atoms with Gasteiger partial charge in [0.25, 0.3) is 0 Å². The topological polar surface area (TPSA) is 29.3 Å². The van der Waals surface area contributed by atoms with Gasteiger partial charge in [-0.15, -0.1) is 11.3 Å². The van der Waals surface area contributed by atoms with Gasteiger partial charge in [0, 0.05) is 22.5 Å². The van der Waals surface area contributed by atoms with E-state index in [1.165, 1.54) is 4.88 Å². The first-order valence-corrected chi connectivity index (χ1v) is 7.58. The zero-order valence-corrected chi connectivity index (χ0v) is 12.8. The van der Waals surface area contributed by atoms with E-state index in [4.69, 9.17) is 17.3 Å². The van der Waals surface area contributed by atoms with Crippen LogP contribution in [0.5, 0.6) is 0 Å². The fourth-order valence-corrected chi connectivity index (χ4v) is 3.40. The summed E-state index contributed by atoms with van der Waals surface area (Å²) in [7, 11) is 2.09. The van der Waals surface area contributed by atoms with E-state index in [-0.39, 0.29) is 12.1 Å². The summed E-state index contributed by atoms with van der Waals surface area (Å²) in [6.45, 7) is 2.91. The first-order valence-electron chi connectivity index (χ1n) is 6.32. The third-order valence-electron chi connectivity index (χ3n) is 3.18. The highest BCUT2D eigenvalue weighted by Gasteiger charge is 2.23. The highest BCUT2D eigenvalue weighted by atomic mass is 35.5. The lowest BCUT2D eigenvalue weighted by Crippen LogP contribution is -2.37. The van der Waals surface area contributed by atoms with Crippen LogP contribution in [-0.4, -0.2) is 18.0 Å². The quantitative estimate of drug-likeness (QED) is 0.905. The van der Waals surface area contributed by atoms with Gasteiger partial charge in [-0.2, -0.15) is 0 Å². The Labute approximate surface area is 123 Å². The van der Waals surface area contributed by atoms with Gasteiger partial charge in [-0.3, -0.25) is 4.90 Å². The van der Waals surface area contributed by atoms with Crippen molar-refractivity contribution in [3.63, 3.8) is 0 Å². The Morgan fingerprint density at radius 3 is 2.58 bits per heavy atom. The average Bonchev–Trinajstić information content (AvgIpc) is 2.84. The maximum absolute atomic E-state index is 6.31. The van der Waals surface area contributed by atoms with Crippen molar-refractivity contribution in [3.05, 3.63) is 57.2 Å². The number of rotatable bonds is 5. The highest BCUT2D eigenvalue weighted by molar-refractivity contribution is 7.09. The zero-order valence-electron chi connectivity index (χ0n) is 11.2. The van der Waals surface area contributed by atoms with Gasteiger partial charge in [0.05, 0.1) is 6.04 Å². The molecule has 0 saturated heterocycles. The lowest BCUT2D eigenvalue weighted by Gasteiger charge is -2.31. The van der Waals surface area contributed by atoms with Gasteiger partial charge in [-0.25, -0.2) is 0 Å². The lowest BCUT2D eigenvalue weighted by molar-refractivity contribution is 0.213.